The Kier molecular flexibility index (Phi) is 3.27. The number of rotatable bonds is 0. The minimum absolute atomic E-state index is 0.0286. The largest absolute Gasteiger partial charge is 0.433 e. The van der Waals surface area contributed by atoms with Gasteiger partial charge in [0.25, 0.3) is 0 Å². The van der Waals surface area contributed by atoms with Gasteiger partial charge in [-0.2, -0.15) is 13.2 Å². The summed E-state index contributed by atoms with van der Waals surface area (Å²) in [6.07, 6.45) is -4.55. The van der Waals surface area contributed by atoms with Gasteiger partial charge in [0, 0.05) is 9.86 Å². The van der Waals surface area contributed by atoms with Crippen LogP contribution in [0.1, 0.15) is 5.69 Å². The standard InChI is InChI=1S/C10H3BrCl2F3N/c11-4-1-2-5(12)9-8(4)6(13)3-7(17-9)10(14,15)16/h1-3H. The van der Waals surface area contributed by atoms with Crippen molar-refractivity contribution >= 4 is 50.0 Å². The molecule has 0 aliphatic heterocycles. The van der Waals surface area contributed by atoms with Crippen molar-refractivity contribution < 1.29 is 13.2 Å². The Morgan fingerprint density at radius 2 is 1.76 bits per heavy atom. The van der Waals surface area contributed by atoms with Crippen LogP contribution in [0.2, 0.25) is 10.0 Å². The molecule has 90 valence electrons. The van der Waals surface area contributed by atoms with E-state index in [1.165, 1.54) is 6.07 Å². The van der Waals surface area contributed by atoms with Gasteiger partial charge in [0.15, 0.2) is 0 Å². The first kappa shape index (κ1) is 12.9. The maximum atomic E-state index is 12.6. The zero-order chi connectivity index (χ0) is 12.8. The molecular weight excluding hydrogens is 342 g/mol. The second-order valence-corrected chi connectivity index (χ2v) is 4.91. The summed E-state index contributed by atoms with van der Waals surface area (Å²) in [4.78, 5) is 3.50. The molecule has 0 saturated carbocycles. The molecule has 0 radical (unpaired) electrons. The van der Waals surface area contributed by atoms with Crippen molar-refractivity contribution in [3.05, 3.63) is 38.4 Å². The summed E-state index contributed by atoms with van der Waals surface area (Å²) in [7, 11) is 0. The molecule has 0 aliphatic rings. The van der Waals surface area contributed by atoms with Crippen molar-refractivity contribution in [1.82, 2.24) is 4.98 Å². The fourth-order valence-corrected chi connectivity index (χ4v) is 2.51. The van der Waals surface area contributed by atoms with Crippen molar-refractivity contribution in [3.8, 4) is 0 Å². The van der Waals surface area contributed by atoms with Gasteiger partial charge >= 0.3 is 6.18 Å². The molecule has 0 N–H and O–H groups in total. The summed E-state index contributed by atoms with van der Waals surface area (Å²) < 4.78 is 38.2. The Morgan fingerprint density at radius 1 is 1.12 bits per heavy atom. The molecule has 2 aromatic rings. The normalized spacial score (nSPS) is 12.1. The molecule has 0 spiro atoms. The summed E-state index contributed by atoms with van der Waals surface area (Å²) in [5.74, 6) is 0. The van der Waals surface area contributed by atoms with E-state index in [4.69, 9.17) is 23.2 Å². The number of fused-ring (bicyclic) bond motifs is 1. The number of hydrogen-bond donors (Lipinski definition) is 0. The van der Waals surface area contributed by atoms with Gasteiger partial charge in [0.05, 0.1) is 15.6 Å². The average molecular weight is 345 g/mol. The molecule has 17 heavy (non-hydrogen) atoms. The topological polar surface area (TPSA) is 12.9 Å². The number of halogens is 6. The molecule has 0 saturated heterocycles. The predicted molar refractivity (Wildman–Crippen MR) is 64.5 cm³/mol. The van der Waals surface area contributed by atoms with Crippen LogP contribution in [0.3, 0.4) is 0 Å². The van der Waals surface area contributed by atoms with E-state index in [1.807, 2.05) is 0 Å². The van der Waals surface area contributed by atoms with Gasteiger partial charge in [-0.15, -0.1) is 0 Å². The van der Waals surface area contributed by atoms with Crippen molar-refractivity contribution in [2.45, 2.75) is 6.18 Å². The van der Waals surface area contributed by atoms with E-state index in [0.717, 1.165) is 6.07 Å². The Morgan fingerprint density at radius 3 is 2.35 bits per heavy atom. The number of nitrogens with zero attached hydrogens (tertiary/aromatic N) is 1. The highest BCUT2D eigenvalue weighted by Crippen LogP contribution is 2.38. The third-order valence-corrected chi connectivity index (χ3v) is 3.37. The summed E-state index contributed by atoms with van der Waals surface area (Å²) >= 11 is 14.8. The second kappa shape index (κ2) is 4.30. The molecule has 1 aromatic carbocycles. The van der Waals surface area contributed by atoms with Gasteiger partial charge < -0.3 is 0 Å². The summed E-state index contributed by atoms with van der Waals surface area (Å²) in [6.45, 7) is 0. The monoisotopic (exact) mass is 343 g/mol. The number of pyridine rings is 1. The maximum Gasteiger partial charge on any atom is 0.433 e. The van der Waals surface area contributed by atoms with E-state index in [2.05, 4.69) is 20.9 Å². The Bertz CT molecular complexity index is 598. The molecule has 0 bridgehead atoms. The van der Waals surface area contributed by atoms with Crippen LogP contribution >= 0.6 is 39.1 Å². The highest BCUT2D eigenvalue weighted by atomic mass is 79.9. The van der Waals surface area contributed by atoms with Gasteiger partial charge in [-0.3, -0.25) is 0 Å². The molecule has 1 aromatic heterocycles. The number of hydrogen-bond acceptors (Lipinski definition) is 1. The Labute approximate surface area is 113 Å². The lowest BCUT2D eigenvalue weighted by Crippen LogP contribution is -2.08. The van der Waals surface area contributed by atoms with Crippen LogP contribution in [0.5, 0.6) is 0 Å². The summed E-state index contributed by atoms with van der Waals surface area (Å²) in [5.41, 5.74) is -1.03. The Hall–Kier alpha value is -0.520. The van der Waals surface area contributed by atoms with E-state index < -0.39 is 11.9 Å². The maximum absolute atomic E-state index is 12.6. The van der Waals surface area contributed by atoms with E-state index in [9.17, 15) is 13.2 Å². The predicted octanol–water partition coefficient (Wildman–Crippen LogP) is 5.32. The molecule has 1 heterocycles. The highest BCUT2D eigenvalue weighted by Gasteiger charge is 2.33. The zero-order valence-electron chi connectivity index (χ0n) is 7.95. The minimum atomic E-state index is -4.55. The fraction of sp³-hybridized carbons (Fsp3) is 0.100. The quantitative estimate of drug-likeness (QED) is 0.630. The molecule has 0 amide bonds. The second-order valence-electron chi connectivity index (χ2n) is 3.24. The summed E-state index contributed by atoms with van der Waals surface area (Å²) in [6, 6.07) is 3.84. The van der Waals surface area contributed by atoms with Gasteiger partial charge in [-0.25, -0.2) is 4.98 Å². The van der Waals surface area contributed by atoms with Crippen molar-refractivity contribution in [3.63, 3.8) is 0 Å². The zero-order valence-corrected chi connectivity index (χ0v) is 11.0. The lowest BCUT2D eigenvalue weighted by Gasteiger charge is -2.10. The van der Waals surface area contributed by atoms with E-state index >= 15 is 0 Å². The van der Waals surface area contributed by atoms with Crippen LogP contribution in [0.25, 0.3) is 10.9 Å². The van der Waals surface area contributed by atoms with Crippen LogP contribution in [0.4, 0.5) is 13.2 Å². The average Bonchev–Trinajstić information content (AvgIpc) is 2.21. The number of benzene rings is 1. The first-order valence-electron chi connectivity index (χ1n) is 4.32. The lowest BCUT2D eigenvalue weighted by molar-refractivity contribution is -0.140. The van der Waals surface area contributed by atoms with Crippen LogP contribution in [0, 0.1) is 0 Å². The fourth-order valence-electron chi connectivity index (χ4n) is 1.37. The lowest BCUT2D eigenvalue weighted by atomic mass is 10.2. The molecule has 2 rings (SSSR count). The van der Waals surface area contributed by atoms with E-state index in [-0.39, 0.29) is 15.6 Å². The first-order chi connectivity index (χ1) is 7.80. The van der Waals surface area contributed by atoms with Crippen LogP contribution in [0.15, 0.2) is 22.7 Å². The molecule has 0 fully saturated rings. The van der Waals surface area contributed by atoms with E-state index in [1.54, 1.807) is 6.07 Å². The molecule has 1 nitrogen and oxygen atoms in total. The molecule has 7 heteroatoms. The van der Waals surface area contributed by atoms with Crippen molar-refractivity contribution in [2.75, 3.05) is 0 Å². The third kappa shape index (κ3) is 2.37. The smallest absolute Gasteiger partial charge is 0.242 e. The third-order valence-electron chi connectivity index (χ3n) is 2.10. The van der Waals surface area contributed by atoms with Crippen LogP contribution in [-0.2, 0) is 6.18 Å². The Balaban J connectivity index is 2.87. The first-order valence-corrected chi connectivity index (χ1v) is 5.87. The minimum Gasteiger partial charge on any atom is -0.242 e. The van der Waals surface area contributed by atoms with Crippen LogP contribution < -0.4 is 0 Å². The van der Waals surface area contributed by atoms with Gasteiger partial charge in [0.1, 0.15) is 5.69 Å². The van der Waals surface area contributed by atoms with Crippen LogP contribution in [-0.4, -0.2) is 4.98 Å². The molecule has 0 aliphatic carbocycles. The number of alkyl halides is 3. The highest BCUT2D eigenvalue weighted by molar-refractivity contribution is 9.10. The number of aromatic nitrogens is 1. The van der Waals surface area contributed by atoms with Crippen molar-refractivity contribution in [1.29, 1.82) is 0 Å². The van der Waals surface area contributed by atoms with E-state index in [0.29, 0.717) is 9.86 Å². The van der Waals surface area contributed by atoms with Gasteiger partial charge in [-0.1, -0.05) is 39.1 Å². The molecular formula is C10H3BrCl2F3N. The molecule has 0 unspecified atom stereocenters. The van der Waals surface area contributed by atoms with Crippen molar-refractivity contribution in [2.24, 2.45) is 0 Å². The SMILES string of the molecule is FC(F)(F)c1cc(Cl)c2c(Br)ccc(Cl)c2n1. The summed E-state index contributed by atoms with van der Waals surface area (Å²) in [5, 5.41) is 0.445. The van der Waals surface area contributed by atoms with Gasteiger partial charge in [0.2, 0.25) is 0 Å². The molecule has 0 atom stereocenters. The van der Waals surface area contributed by atoms with Gasteiger partial charge in [-0.05, 0) is 18.2 Å².